The molecule has 0 bridgehead atoms. The van der Waals surface area contributed by atoms with Crippen molar-refractivity contribution in [2.45, 2.75) is 19.3 Å². The summed E-state index contributed by atoms with van der Waals surface area (Å²) in [5.41, 5.74) is 16.4. The maximum atomic E-state index is 5.21. The van der Waals surface area contributed by atoms with Gasteiger partial charge >= 0.3 is 0 Å². The molecule has 5 aromatic carbocycles. The molecule has 2 heterocycles. The molecule has 0 saturated carbocycles. The van der Waals surface area contributed by atoms with E-state index in [2.05, 4.69) is 152 Å². The van der Waals surface area contributed by atoms with Crippen LogP contribution in [0.2, 0.25) is 0 Å². The molecule has 8 rings (SSSR count). The van der Waals surface area contributed by atoms with Crippen molar-refractivity contribution in [1.82, 2.24) is 9.97 Å². The molecule has 0 saturated heterocycles. The van der Waals surface area contributed by atoms with Crippen LogP contribution in [0.1, 0.15) is 25.0 Å². The molecule has 0 fully saturated rings. The second kappa shape index (κ2) is 10.8. The van der Waals surface area contributed by atoms with E-state index in [4.69, 9.17) is 4.98 Å². The highest BCUT2D eigenvalue weighted by molar-refractivity contribution is 6.00. The zero-order valence-electron chi connectivity index (χ0n) is 25.4. The minimum Gasteiger partial charge on any atom is -0.264 e. The van der Waals surface area contributed by atoms with Gasteiger partial charge in [0.15, 0.2) is 0 Å². The maximum Gasteiger partial charge on any atom is 0.0715 e. The van der Waals surface area contributed by atoms with E-state index in [1.54, 1.807) is 0 Å². The Morgan fingerprint density at radius 1 is 0.422 bits per heavy atom. The third kappa shape index (κ3) is 4.67. The smallest absolute Gasteiger partial charge is 0.0715 e. The number of aromatic nitrogens is 2. The fourth-order valence-electron chi connectivity index (χ4n) is 6.92. The van der Waals surface area contributed by atoms with Crippen molar-refractivity contribution in [3.05, 3.63) is 169 Å². The molecule has 2 aromatic heterocycles. The molecule has 214 valence electrons. The van der Waals surface area contributed by atoms with Crippen LogP contribution in [0.5, 0.6) is 0 Å². The van der Waals surface area contributed by atoms with E-state index in [0.717, 1.165) is 39.2 Å². The lowest BCUT2D eigenvalue weighted by Crippen LogP contribution is -2.14. The van der Waals surface area contributed by atoms with Gasteiger partial charge in [-0.2, -0.15) is 0 Å². The van der Waals surface area contributed by atoms with Gasteiger partial charge in [0.1, 0.15) is 0 Å². The first-order chi connectivity index (χ1) is 22.1. The number of fused-ring (bicyclic) bond motifs is 3. The van der Waals surface area contributed by atoms with Gasteiger partial charge in [0, 0.05) is 34.5 Å². The summed E-state index contributed by atoms with van der Waals surface area (Å²) in [6.45, 7) is 4.67. The van der Waals surface area contributed by atoms with Crippen LogP contribution in [0.4, 0.5) is 0 Å². The molecule has 0 N–H and O–H groups in total. The van der Waals surface area contributed by atoms with Crippen LogP contribution in [-0.4, -0.2) is 9.97 Å². The van der Waals surface area contributed by atoms with Crippen LogP contribution in [0.25, 0.3) is 67.0 Å². The molecular weight excluding hydrogens is 544 g/mol. The highest BCUT2D eigenvalue weighted by Crippen LogP contribution is 2.54. The summed E-state index contributed by atoms with van der Waals surface area (Å²) in [6, 6.07) is 51.9. The molecule has 0 atom stereocenters. The van der Waals surface area contributed by atoms with Crippen molar-refractivity contribution in [2.75, 3.05) is 0 Å². The molecule has 0 spiro atoms. The van der Waals surface area contributed by atoms with E-state index in [9.17, 15) is 0 Å². The third-order valence-corrected chi connectivity index (χ3v) is 9.17. The van der Waals surface area contributed by atoms with E-state index < -0.39 is 0 Å². The second-order valence-corrected chi connectivity index (χ2v) is 12.3. The first-order valence-corrected chi connectivity index (χ1v) is 15.5. The number of hydrogen-bond donors (Lipinski definition) is 0. The summed E-state index contributed by atoms with van der Waals surface area (Å²) >= 11 is 0. The Balaban J connectivity index is 1.34. The van der Waals surface area contributed by atoms with Gasteiger partial charge < -0.3 is 0 Å². The fraction of sp³-hybridized carbons (Fsp3) is 0.0698. The van der Waals surface area contributed by atoms with E-state index >= 15 is 0 Å². The molecule has 0 radical (unpaired) electrons. The van der Waals surface area contributed by atoms with Crippen LogP contribution in [0.3, 0.4) is 0 Å². The van der Waals surface area contributed by atoms with E-state index in [-0.39, 0.29) is 5.41 Å². The van der Waals surface area contributed by atoms with Gasteiger partial charge in [0.25, 0.3) is 0 Å². The van der Waals surface area contributed by atoms with Crippen molar-refractivity contribution < 1.29 is 0 Å². The fourth-order valence-corrected chi connectivity index (χ4v) is 6.92. The lowest BCUT2D eigenvalue weighted by Gasteiger charge is -2.23. The molecule has 0 unspecified atom stereocenters. The zero-order valence-corrected chi connectivity index (χ0v) is 25.4. The Labute approximate surface area is 264 Å². The van der Waals surface area contributed by atoms with Crippen LogP contribution in [-0.2, 0) is 5.41 Å². The van der Waals surface area contributed by atoms with Crippen molar-refractivity contribution in [3.63, 3.8) is 0 Å². The number of nitrogens with zero attached hydrogens (tertiary/aromatic N) is 2. The van der Waals surface area contributed by atoms with Gasteiger partial charge in [0.05, 0.1) is 11.4 Å². The Morgan fingerprint density at radius 3 is 1.82 bits per heavy atom. The Hall–Kier alpha value is -5.60. The van der Waals surface area contributed by atoms with Crippen LogP contribution < -0.4 is 0 Å². The Kier molecular flexibility index (Phi) is 6.50. The summed E-state index contributed by atoms with van der Waals surface area (Å²) in [4.78, 5) is 9.76. The van der Waals surface area contributed by atoms with Crippen LogP contribution in [0, 0.1) is 0 Å². The zero-order chi connectivity index (χ0) is 30.4. The molecule has 0 aliphatic heterocycles. The first kappa shape index (κ1) is 27.0. The molecule has 7 aromatic rings. The predicted octanol–water partition coefficient (Wildman–Crippen LogP) is 11.1. The van der Waals surface area contributed by atoms with Gasteiger partial charge in [-0.25, -0.2) is 4.98 Å². The van der Waals surface area contributed by atoms with Gasteiger partial charge in [0.2, 0.25) is 0 Å². The van der Waals surface area contributed by atoms with Crippen LogP contribution >= 0.6 is 0 Å². The number of benzene rings is 5. The van der Waals surface area contributed by atoms with Crippen molar-refractivity contribution >= 4 is 0 Å². The lowest BCUT2D eigenvalue weighted by molar-refractivity contribution is 0.660. The minimum absolute atomic E-state index is 0.0844. The SMILES string of the molecule is CC1(C)c2ccccc2-c2c1ccc(-c1cccc(-c3cc(-c4ccccc4)cc(-c4ccccc4)n3)c1)c2-c1cccnc1. The molecule has 1 aliphatic carbocycles. The average Bonchev–Trinajstić information content (AvgIpc) is 3.35. The molecule has 45 heavy (non-hydrogen) atoms. The Morgan fingerprint density at radius 2 is 1.07 bits per heavy atom. The minimum atomic E-state index is -0.0844. The molecule has 1 aliphatic rings. The number of pyridine rings is 2. The van der Waals surface area contributed by atoms with Crippen molar-refractivity contribution in [2.24, 2.45) is 0 Å². The van der Waals surface area contributed by atoms with Gasteiger partial charge in [-0.15, -0.1) is 0 Å². The highest BCUT2D eigenvalue weighted by Gasteiger charge is 2.37. The Bertz CT molecular complexity index is 2110. The van der Waals surface area contributed by atoms with Gasteiger partial charge in [-0.1, -0.05) is 135 Å². The highest BCUT2D eigenvalue weighted by atomic mass is 14.7. The molecule has 2 nitrogen and oxygen atoms in total. The molecule has 0 amide bonds. The topological polar surface area (TPSA) is 25.8 Å². The van der Waals surface area contributed by atoms with E-state index in [1.165, 1.54) is 38.9 Å². The van der Waals surface area contributed by atoms with E-state index in [1.807, 2.05) is 24.5 Å². The second-order valence-electron chi connectivity index (χ2n) is 12.3. The lowest BCUT2D eigenvalue weighted by atomic mass is 9.80. The maximum absolute atomic E-state index is 5.21. The molecule has 2 heteroatoms. The summed E-state index contributed by atoms with van der Waals surface area (Å²) < 4.78 is 0. The van der Waals surface area contributed by atoms with Gasteiger partial charge in [-0.3, -0.25) is 4.98 Å². The van der Waals surface area contributed by atoms with Crippen molar-refractivity contribution in [1.29, 1.82) is 0 Å². The average molecular weight is 577 g/mol. The summed E-state index contributed by atoms with van der Waals surface area (Å²) in [5, 5.41) is 0. The number of hydrogen-bond acceptors (Lipinski definition) is 2. The standard InChI is InChI=1S/C43H32N2/c1-43(2)37-21-10-9-20-36(37)42-38(43)23-22-35(41(42)33-19-12-24-44-28-33)31-17-11-18-32(25-31)40-27-34(29-13-5-3-6-14-29)26-39(45-40)30-15-7-4-8-16-30/h3-28H,1-2H3. The monoisotopic (exact) mass is 576 g/mol. The summed E-state index contributed by atoms with van der Waals surface area (Å²) in [7, 11) is 0. The van der Waals surface area contributed by atoms with Crippen LogP contribution in [0.15, 0.2) is 158 Å². The summed E-state index contributed by atoms with van der Waals surface area (Å²) in [6.07, 6.45) is 3.84. The molecular formula is C43H32N2. The number of rotatable bonds is 5. The van der Waals surface area contributed by atoms with E-state index in [0.29, 0.717) is 0 Å². The third-order valence-electron chi connectivity index (χ3n) is 9.17. The quantitative estimate of drug-likeness (QED) is 0.204. The largest absolute Gasteiger partial charge is 0.264 e. The van der Waals surface area contributed by atoms with Gasteiger partial charge in [-0.05, 0) is 74.3 Å². The predicted molar refractivity (Wildman–Crippen MR) is 187 cm³/mol. The first-order valence-electron chi connectivity index (χ1n) is 15.5. The van der Waals surface area contributed by atoms with Crippen molar-refractivity contribution in [3.8, 4) is 67.0 Å². The normalized spacial score (nSPS) is 12.8. The summed E-state index contributed by atoms with van der Waals surface area (Å²) in [5.74, 6) is 0.